The number of furan rings is 1. The van der Waals surface area contributed by atoms with E-state index < -0.39 is 6.10 Å². The van der Waals surface area contributed by atoms with Gasteiger partial charge in [-0.3, -0.25) is 9.59 Å². The van der Waals surface area contributed by atoms with E-state index >= 15 is 0 Å². The quantitative estimate of drug-likeness (QED) is 0.757. The van der Waals surface area contributed by atoms with Crippen molar-refractivity contribution in [2.75, 3.05) is 10.6 Å². The summed E-state index contributed by atoms with van der Waals surface area (Å²) in [7, 11) is 0. The minimum Gasteiger partial charge on any atom is -0.479 e. The molecule has 0 unspecified atom stereocenters. The van der Waals surface area contributed by atoms with Crippen LogP contribution in [0.2, 0.25) is 0 Å². The fourth-order valence-electron chi connectivity index (χ4n) is 2.57. The number of para-hydroxylation sites is 1. The Labute approximate surface area is 137 Å². The standard InChI is InChI=1S/C18H14N2O4/c1-10-17(21)20-13-9-12(6-7-15(13)23-10)19-18(22)16-8-11-4-2-3-5-14(11)24-16/h2-10H,1H3,(H,19,22)(H,20,21)/t10-/m1/s1. The monoisotopic (exact) mass is 322 g/mol. The van der Waals surface area contributed by atoms with E-state index in [-0.39, 0.29) is 17.6 Å². The van der Waals surface area contributed by atoms with Gasteiger partial charge in [0.15, 0.2) is 11.9 Å². The summed E-state index contributed by atoms with van der Waals surface area (Å²) in [5, 5.41) is 6.37. The fourth-order valence-corrected chi connectivity index (χ4v) is 2.57. The van der Waals surface area contributed by atoms with E-state index in [0.29, 0.717) is 22.7 Å². The van der Waals surface area contributed by atoms with Gasteiger partial charge >= 0.3 is 0 Å². The Hall–Kier alpha value is -3.28. The third-order valence-corrected chi connectivity index (χ3v) is 3.82. The first-order valence-electron chi connectivity index (χ1n) is 7.52. The van der Waals surface area contributed by atoms with Crippen LogP contribution >= 0.6 is 0 Å². The predicted molar refractivity (Wildman–Crippen MR) is 89.3 cm³/mol. The van der Waals surface area contributed by atoms with E-state index in [4.69, 9.17) is 9.15 Å². The summed E-state index contributed by atoms with van der Waals surface area (Å²) >= 11 is 0. The highest BCUT2D eigenvalue weighted by molar-refractivity contribution is 6.05. The molecular weight excluding hydrogens is 308 g/mol. The summed E-state index contributed by atoms with van der Waals surface area (Å²) in [5.41, 5.74) is 1.72. The summed E-state index contributed by atoms with van der Waals surface area (Å²) in [6, 6.07) is 14.2. The molecule has 24 heavy (non-hydrogen) atoms. The number of carbonyl (C=O) groups excluding carboxylic acids is 2. The summed E-state index contributed by atoms with van der Waals surface area (Å²) in [6.07, 6.45) is -0.534. The van der Waals surface area contributed by atoms with Gasteiger partial charge in [-0.15, -0.1) is 0 Å². The Kier molecular flexibility index (Phi) is 3.23. The first kappa shape index (κ1) is 14.3. The summed E-state index contributed by atoms with van der Waals surface area (Å²) < 4.78 is 11.0. The van der Waals surface area contributed by atoms with Crippen molar-refractivity contribution in [3.63, 3.8) is 0 Å². The molecule has 0 spiro atoms. The van der Waals surface area contributed by atoms with Crippen molar-refractivity contribution in [2.45, 2.75) is 13.0 Å². The maximum Gasteiger partial charge on any atom is 0.291 e. The highest BCUT2D eigenvalue weighted by atomic mass is 16.5. The largest absolute Gasteiger partial charge is 0.479 e. The number of rotatable bonds is 2. The molecule has 2 aromatic carbocycles. The number of hydrogen-bond acceptors (Lipinski definition) is 4. The molecule has 0 saturated carbocycles. The lowest BCUT2D eigenvalue weighted by atomic mass is 10.2. The fraction of sp³-hybridized carbons (Fsp3) is 0.111. The van der Waals surface area contributed by atoms with Gasteiger partial charge in [0.05, 0.1) is 5.69 Å². The van der Waals surface area contributed by atoms with Crippen molar-refractivity contribution in [1.29, 1.82) is 0 Å². The van der Waals surface area contributed by atoms with Crippen molar-refractivity contribution in [3.05, 3.63) is 54.3 Å². The zero-order chi connectivity index (χ0) is 16.7. The van der Waals surface area contributed by atoms with Crippen LogP contribution in [0.4, 0.5) is 11.4 Å². The third-order valence-electron chi connectivity index (χ3n) is 3.82. The Morgan fingerprint density at radius 3 is 2.83 bits per heavy atom. The van der Waals surface area contributed by atoms with Crippen molar-refractivity contribution >= 4 is 34.2 Å². The summed E-state index contributed by atoms with van der Waals surface area (Å²) in [6.45, 7) is 1.68. The minimum atomic E-state index is -0.534. The molecule has 0 radical (unpaired) electrons. The third kappa shape index (κ3) is 2.48. The molecule has 0 bridgehead atoms. The van der Waals surface area contributed by atoms with E-state index in [0.717, 1.165) is 5.39 Å². The first-order chi connectivity index (χ1) is 11.6. The number of carbonyl (C=O) groups is 2. The van der Waals surface area contributed by atoms with Gasteiger partial charge < -0.3 is 19.8 Å². The second kappa shape index (κ2) is 5.42. The highest BCUT2D eigenvalue weighted by Crippen LogP contribution is 2.32. The van der Waals surface area contributed by atoms with Gasteiger partial charge in [0.25, 0.3) is 11.8 Å². The van der Waals surface area contributed by atoms with Gasteiger partial charge in [-0.25, -0.2) is 0 Å². The van der Waals surface area contributed by atoms with Gasteiger partial charge in [-0.1, -0.05) is 18.2 Å². The van der Waals surface area contributed by atoms with E-state index in [1.165, 1.54) is 0 Å². The van der Waals surface area contributed by atoms with Crippen molar-refractivity contribution < 1.29 is 18.7 Å². The molecule has 1 aliphatic heterocycles. The second-order valence-electron chi connectivity index (χ2n) is 5.56. The number of fused-ring (bicyclic) bond motifs is 2. The van der Waals surface area contributed by atoms with E-state index in [2.05, 4.69) is 10.6 Å². The normalized spacial score (nSPS) is 16.2. The minimum absolute atomic E-state index is 0.219. The number of anilines is 2. The summed E-state index contributed by atoms with van der Waals surface area (Å²) in [5.74, 6) is 0.220. The van der Waals surface area contributed by atoms with Crippen LogP contribution in [0.1, 0.15) is 17.5 Å². The molecule has 1 aliphatic rings. The molecule has 0 fully saturated rings. The lowest BCUT2D eigenvalue weighted by molar-refractivity contribution is -0.122. The maximum absolute atomic E-state index is 12.3. The molecule has 2 amide bonds. The van der Waals surface area contributed by atoms with Crippen LogP contribution in [0, 0.1) is 0 Å². The molecule has 120 valence electrons. The van der Waals surface area contributed by atoms with Crippen molar-refractivity contribution in [3.8, 4) is 5.75 Å². The zero-order valence-electron chi connectivity index (χ0n) is 12.8. The molecule has 2 heterocycles. The average molecular weight is 322 g/mol. The van der Waals surface area contributed by atoms with Gasteiger partial charge in [0.1, 0.15) is 11.3 Å². The number of nitrogens with one attached hydrogen (secondary N) is 2. The van der Waals surface area contributed by atoms with E-state index in [1.54, 1.807) is 37.3 Å². The Morgan fingerprint density at radius 1 is 1.17 bits per heavy atom. The number of amides is 2. The van der Waals surface area contributed by atoms with Crippen LogP contribution in [-0.4, -0.2) is 17.9 Å². The van der Waals surface area contributed by atoms with Crippen LogP contribution in [0.5, 0.6) is 5.75 Å². The Bertz CT molecular complexity index is 928. The highest BCUT2D eigenvalue weighted by Gasteiger charge is 2.24. The SMILES string of the molecule is C[C@H]1Oc2ccc(NC(=O)c3cc4ccccc4o3)cc2NC1=O. The van der Waals surface area contributed by atoms with Crippen molar-refractivity contribution in [2.24, 2.45) is 0 Å². The molecule has 1 aromatic heterocycles. The molecule has 0 saturated heterocycles. The number of benzene rings is 2. The van der Waals surface area contributed by atoms with Crippen LogP contribution in [0.25, 0.3) is 11.0 Å². The lowest BCUT2D eigenvalue weighted by Crippen LogP contribution is -2.34. The zero-order valence-corrected chi connectivity index (χ0v) is 12.8. The molecule has 3 aromatic rings. The molecule has 4 rings (SSSR count). The van der Waals surface area contributed by atoms with E-state index in [9.17, 15) is 9.59 Å². The van der Waals surface area contributed by atoms with Crippen molar-refractivity contribution in [1.82, 2.24) is 0 Å². The van der Waals surface area contributed by atoms with Gasteiger partial charge in [0.2, 0.25) is 0 Å². The first-order valence-corrected chi connectivity index (χ1v) is 7.52. The molecule has 6 heteroatoms. The molecule has 2 N–H and O–H groups in total. The van der Waals surface area contributed by atoms with Gasteiger partial charge in [-0.2, -0.15) is 0 Å². The average Bonchev–Trinajstić information content (AvgIpc) is 3.00. The van der Waals surface area contributed by atoms with E-state index in [1.807, 2.05) is 18.2 Å². The van der Waals surface area contributed by atoms with Crippen LogP contribution < -0.4 is 15.4 Å². The lowest BCUT2D eigenvalue weighted by Gasteiger charge is -2.23. The smallest absolute Gasteiger partial charge is 0.291 e. The molecular formula is C18H14N2O4. The van der Waals surface area contributed by atoms with Crippen LogP contribution in [0.3, 0.4) is 0 Å². The molecule has 1 atom stereocenters. The number of hydrogen-bond donors (Lipinski definition) is 2. The summed E-state index contributed by atoms with van der Waals surface area (Å²) in [4.78, 5) is 24.0. The molecule has 0 aliphatic carbocycles. The van der Waals surface area contributed by atoms with Gasteiger partial charge in [0, 0.05) is 11.1 Å². The van der Waals surface area contributed by atoms with Crippen LogP contribution in [0.15, 0.2) is 52.9 Å². The molecule has 6 nitrogen and oxygen atoms in total. The second-order valence-corrected chi connectivity index (χ2v) is 5.56. The predicted octanol–water partition coefficient (Wildman–Crippen LogP) is 3.40. The van der Waals surface area contributed by atoms with Crippen LogP contribution in [-0.2, 0) is 4.79 Å². The Morgan fingerprint density at radius 2 is 2.00 bits per heavy atom. The maximum atomic E-state index is 12.3. The Balaban J connectivity index is 1.58. The number of ether oxygens (including phenoxy) is 1. The topological polar surface area (TPSA) is 80.6 Å². The van der Waals surface area contributed by atoms with Gasteiger partial charge in [-0.05, 0) is 37.3 Å².